The van der Waals surface area contributed by atoms with Crippen LogP contribution in [0.4, 0.5) is 5.95 Å². The summed E-state index contributed by atoms with van der Waals surface area (Å²) in [6, 6.07) is 3.75. The number of ether oxygens (including phenoxy) is 1. The molecule has 0 aliphatic heterocycles. The topological polar surface area (TPSA) is 59.9 Å². The highest BCUT2D eigenvalue weighted by Crippen LogP contribution is 2.22. The molecular formula is C12H14N4O. The van der Waals surface area contributed by atoms with E-state index in [1.54, 1.807) is 26.6 Å². The van der Waals surface area contributed by atoms with Crippen molar-refractivity contribution in [3.63, 3.8) is 0 Å². The summed E-state index contributed by atoms with van der Waals surface area (Å²) in [6.07, 6.45) is 3.53. The molecule has 2 heterocycles. The summed E-state index contributed by atoms with van der Waals surface area (Å²) in [7, 11) is 3.39. The van der Waals surface area contributed by atoms with Gasteiger partial charge in [0.2, 0.25) is 11.8 Å². The van der Waals surface area contributed by atoms with Crippen molar-refractivity contribution in [3.05, 3.63) is 30.1 Å². The SMILES string of the molecule is CNc1ncc(C)c(-c2ccc(OC)nc2)n1. The second-order valence-corrected chi connectivity index (χ2v) is 3.56. The molecule has 0 aromatic carbocycles. The molecule has 2 aromatic rings. The molecule has 0 fully saturated rings. The number of hydrogen-bond donors (Lipinski definition) is 1. The second kappa shape index (κ2) is 4.78. The Bertz CT molecular complexity index is 510. The van der Waals surface area contributed by atoms with Crippen LogP contribution in [0.15, 0.2) is 24.5 Å². The Morgan fingerprint density at radius 3 is 2.59 bits per heavy atom. The van der Waals surface area contributed by atoms with E-state index in [2.05, 4.69) is 20.3 Å². The Labute approximate surface area is 99.9 Å². The monoisotopic (exact) mass is 230 g/mol. The van der Waals surface area contributed by atoms with Gasteiger partial charge < -0.3 is 10.1 Å². The third-order valence-corrected chi connectivity index (χ3v) is 2.41. The molecule has 17 heavy (non-hydrogen) atoms. The van der Waals surface area contributed by atoms with E-state index in [0.29, 0.717) is 11.8 Å². The van der Waals surface area contributed by atoms with Gasteiger partial charge in [-0.3, -0.25) is 0 Å². The zero-order valence-corrected chi connectivity index (χ0v) is 10.1. The van der Waals surface area contributed by atoms with E-state index in [1.165, 1.54) is 0 Å². The summed E-state index contributed by atoms with van der Waals surface area (Å²) in [5, 5.41) is 2.92. The molecule has 5 nitrogen and oxygen atoms in total. The number of nitrogens with zero attached hydrogens (tertiary/aromatic N) is 3. The molecule has 2 aromatic heterocycles. The highest BCUT2D eigenvalue weighted by Gasteiger charge is 2.06. The van der Waals surface area contributed by atoms with E-state index in [0.717, 1.165) is 16.8 Å². The van der Waals surface area contributed by atoms with Crippen molar-refractivity contribution in [2.75, 3.05) is 19.5 Å². The molecule has 88 valence electrons. The van der Waals surface area contributed by atoms with Crippen LogP contribution in [0.1, 0.15) is 5.56 Å². The van der Waals surface area contributed by atoms with Crippen LogP contribution in [0.5, 0.6) is 5.88 Å². The molecule has 0 saturated heterocycles. The maximum Gasteiger partial charge on any atom is 0.222 e. The van der Waals surface area contributed by atoms with Crippen molar-refractivity contribution in [1.82, 2.24) is 15.0 Å². The fourth-order valence-electron chi connectivity index (χ4n) is 1.50. The Hall–Kier alpha value is -2.17. The average Bonchev–Trinajstić information content (AvgIpc) is 2.39. The largest absolute Gasteiger partial charge is 0.481 e. The Morgan fingerprint density at radius 1 is 1.18 bits per heavy atom. The van der Waals surface area contributed by atoms with E-state index in [4.69, 9.17) is 4.74 Å². The summed E-state index contributed by atoms with van der Waals surface area (Å²) < 4.78 is 5.02. The Balaban J connectivity index is 2.43. The normalized spacial score (nSPS) is 10.1. The molecular weight excluding hydrogens is 216 g/mol. The van der Waals surface area contributed by atoms with Gasteiger partial charge in [0.05, 0.1) is 12.8 Å². The molecule has 0 unspecified atom stereocenters. The van der Waals surface area contributed by atoms with Crippen molar-refractivity contribution < 1.29 is 4.74 Å². The zero-order chi connectivity index (χ0) is 12.3. The Kier molecular flexibility index (Phi) is 3.18. The lowest BCUT2D eigenvalue weighted by Gasteiger charge is -2.07. The highest BCUT2D eigenvalue weighted by atomic mass is 16.5. The first-order valence-electron chi connectivity index (χ1n) is 5.26. The summed E-state index contributed by atoms with van der Waals surface area (Å²) in [4.78, 5) is 12.7. The number of pyridine rings is 1. The van der Waals surface area contributed by atoms with Gasteiger partial charge in [0.25, 0.3) is 0 Å². The van der Waals surface area contributed by atoms with E-state index < -0.39 is 0 Å². The van der Waals surface area contributed by atoms with E-state index in [-0.39, 0.29) is 0 Å². The van der Waals surface area contributed by atoms with Crippen LogP contribution >= 0.6 is 0 Å². The van der Waals surface area contributed by atoms with Gasteiger partial charge in [-0.1, -0.05) is 0 Å². The summed E-state index contributed by atoms with van der Waals surface area (Å²) >= 11 is 0. The third-order valence-electron chi connectivity index (χ3n) is 2.41. The van der Waals surface area contributed by atoms with Gasteiger partial charge in [-0.2, -0.15) is 0 Å². The van der Waals surface area contributed by atoms with Crippen LogP contribution in [0.25, 0.3) is 11.3 Å². The fraction of sp³-hybridized carbons (Fsp3) is 0.250. The molecule has 0 saturated carbocycles. The molecule has 0 aliphatic rings. The number of methoxy groups -OCH3 is 1. The lowest BCUT2D eigenvalue weighted by molar-refractivity contribution is 0.398. The van der Waals surface area contributed by atoms with Crippen molar-refractivity contribution >= 4 is 5.95 Å². The average molecular weight is 230 g/mol. The molecule has 5 heteroatoms. The van der Waals surface area contributed by atoms with Gasteiger partial charge in [0.1, 0.15) is 0 Å². The minimum absolute atomic E-state index is 0.592. The lowest BCUT2D eigenvalue weighted by Crippen LogP contribution is -1.99. The maximum absolute atomic E-state index is 5.02. The van der Waals surface area contributed by atoms with Crippen molar-refractivity contribution in [2.24, 2.45) is 0 Å². The third kappa shape index (κ3) is 2.33. The first-order chi connectivity index (χ1) is 8.24. The Morgan fingerprint density at radius 2 is 2.00 bits per heavy atom. The van der Waals surface area contributed by atoms with Gasteiger partial charge >= 0.3 is 0 Å². The van der Waals surface area contributed by atoms with Crippen LogP contribution in [0, 0.1) is 6.92 Å². The molecule has 1 N–H and O–H groups in total. The number of rotatable bonds is 3. The summed E-state index contributed by atoms with van der Waals surface area (Å²) in [5.74, 6) is 1.19. The quantitative estimate of drug-likeness (QED) is 0.872. The van der Waals surface area contributed by atoms with E-state index in [1.807, 2.05) is 19.1 Å². The molecule has 0 bridgehead atoms. The van der Waals surface area contributed by atoms with Crippen LogP contribution in [-0.2, 0) is 0 Å². The zero-order valence-electron chi connectivity index (χ0n) is 10.1. The second-order valence-electron chi connectivity index (χ2n) is 3.56. The van der Waals surface area contributed by atoms with Crippen LogP contribution in [-0.4, -0.2) is 29.1 Å². The molecule has 0 amide bonds. The van der Waals surface area contributed by atoms with Gasteiger partial charge in [-0.25, -0.2) is 15.0 Å². The van der Waals surface area contributed by atoms with Gasteiger partial charge in [0, 0.05) is 31.1 Å². The van der Waals surface area contributed by atoms with Crippen molar-refractivity contribution in [3.8, 4) is 17.1 Å². The number of aryl methyl sites for hydroxylation is 1. The number of aromatic nitrogens is 3. The molecule has 0 aliphatic carbocycles. The number of hydrogen-bond acceptors (Lipinski definition) is 5. The highest BCUT2D eigenvalue weighted by molar-refractivity contribution is 5.63. The van der Waals surface area contributed by atoms with Gasteiger partial charge in [-0.05, 0) is 18.6 Å². The van der Waals surface area contributed by atoms with E-state index in [9.17, 15) is 0 Å². The van der Waals surface area contributed by atoms with E-state index >= 15 is 0 Å². The molecule has 0 spiro atoms. The standard InChI is InChI=1S/C12H14N4O/c1-8-6-15-12(13-2)16-11(8)9-4-5-10(17-3)14-7-9/h4-7H,1-3H3,(H,13,15,16). The summed E-state index contributed by atoms with van der Waals surface area (Å²) in [5.41, 5.74) is 2.83. The van der Waals surface area contributed by atoms with Crippen LogP contribution < -0.4 is 10.1 Å². The van der Waals surface area contributed by atoms with Crippen LogP contribution in [0.3, 0.4) is 0 Å². The molecule has 0 atom stereocenters. The predicted molar refractivity (Wildman–Crippen MR) is 66.1 cm³/mol. The molecule has 0 radical (unpaired) electrons. The molecule has 2 rings (SSSR count). The first kappa shape index (κ1) is 11.3. The van der Waals surface area contributed by atoms with Crippen molar-refractivity contribution in [1.29, 1.82) is 0 Å². The summed E-state index contributed by atoms with van der Waals surface area (Å²) in [6.45, 7) is 1.97. The minimum Gasteiger partial charge on any atom is -0.481 e. The van der Waals surface area contributed by atoms with Crippen LogP contribution in [0.2, 0.25) is 0 Å². The van der Waals surface area contributed by atoms with Crippen molar-refractivity contribution in [2.45, 2.75) is 6.92 Å². The maximum atomic E-state index is 5.02. The van der Waals surface area contributed by atoms with Gasteiger partial charge in [0.15, 0.2) is 0 Å². The predicted octanol–water partition coefficient (Wildman–Crippen LogP) is 1.90. The fourth-order valence-corrected chi connectivity index (χ4v) is 1.50. The first-order valence-corrected chi connectivity index (χ1v) is 5.26. The number of nitrogens with one attached hydrogen (secondary N) is 1. The number of anilines is 1. The lowest BCUT2D eigenvalue weighted by atomic mass is 10.1. The minimum atomic E-state index is 0.592. The smallest absolute Gasteiger partial charge is 0.222 e. The van der Waals surface area contributed by atoms with Gasteiger partial charge in [-0.15, -0.1) is 0 Å².